The normalized spacial score (nSPS) is 10.4. The number of anilines is 2. The Morgan fingerprint density at radius 1 is 1.00 bits per heavy atom. The number of pyridine rings is 1. The number of nitrogens with zero attached hydrogens (tertiary/aromatic N) is 3. The highest BCUT2D eigenvalue weighted by atomic mass is 16.5. The highest BCUT2D eigenvalue weighted by molar-refractivity contribution is 5.42. The van der Waals surface area contributed by atoms with Crippen molar-refractivity contribution < 1.29 is 4.74 Å². The van der Waals surface area contributed by atoms with E-state index in [0.717, 1.165) is 35.8 Å². The van der Waals surface area contributed by atoms with Gasteiger partial charge in [0.15, 0.2) is 0 Å². The Labute approximate surface area is 153 Å². The van der Waals surface area contributed by atoms with Crippen LogP contribution in [0.2, 0.25) is 0 Å². The van der Waals surface area contributed by atoms with Gasteiger partial charge in [-0.15, -0.1) is 0 Å². The number of nitrogens with one attached hydrogen (secondary N) is 2. The van der Waals surface area contributed by atoms with E-state index in [2.05, 4.69) is 31.7 Å². The number of ether oxygens (including phenoxy) is 1. The van der Waals surface area contributed by atoms with E-state index < -0.39 is 0 Å². The largest absolute Gasteiger partial charge is 0.497 e. The maximum Gasteiger partial charge on any atom is 0.224 e. The van der Waals surface area contributed by atoms with E-state index >= 15 is 0 Å². The minimum absolute atomic E-state index is 0.626. The van der Waals surface area contributed by atoms with Gasteiger partial charge in [-0.1, -0.05) is 18.2 Å². The summed E-state index contributed by atoms with van der Waals surface area (Å²) >= 11 is 0. The molecule has 0 unspecified atom stereocenters. The van der Waals surface area contributed by atoms with E-state index in [4.69, 9.17) is 4.74 Å². The molecule has 2 aromatic heterocycles. The summed E-state index contributed by atoms with van der Waals surface area (Å²) in [5, 5.41) is 6.61. The predicted molar refractivity (Wildman–Crippen MR) is 104 cm³/mol. The van der Waals surface area contributed by atoms with Crippen LogP contribution in [0.1, 0.15) is 16.8 Å². The van der Waals surface area contributed by atoms with E-state index in [1.54, 1.807) is 13.3 Å². The molecule has 0 bridgehead atoms. The van der Waals surface area contributed by atoms with Gasteiger partial charge in [0, 0.05) is 37.2 Å². The van der Waals surface area contributed by atoms with Crippen LogP contribution in [0.3, 0.4) is 0 Å². The molecule has 0 saturated heterocycles. The Morgan fingerprint density at radius 3 is 2.69 bits per heavy atom. The van der Waals surface area contributed by atoms with Crippen LogP contribution in [0.25, 0.3) is 0 Å². The summed E-state index contributed by atoms with van der Waals surface area (Å²) in [5.41, 5.74) is 3.23. The van der Waals surface area contributed by atoms with Gasteiger partial charge in [0.25, 0.3) is 0 Å². The van der Waals surface area contributed by atoms with Gasteiger partial charge in [-0.05, 0) is 42.7 Å². The summed E-state index contributed by atoms with van der Waals surface area (Å²) in [7, 11) is 1.68. The van der Waals surface area contributed by atoms with Crippen LogP contribution in [-0.2, 0) is 13.0 Å². The van der Waals surface area contributed by atoms with Crippen LogP contribution in [-0.4, -0.2) is 28.6 Å². The van der Waals surface area contributed by atoms with Crippen LogP contribution in [0, 0.1) is 6.92 Å². The van der Waals surface area contributed by atoms with Gasteiger partial charge in [-0.25, -0.2) is 4.98 Å². The van der Waals surface area contributed by atoms with Crippen molar-refractivity contribution in [2.45, 2.75) is 19.9 Å². The van der Waals surface area contributed by atoms with Crippen molar-refractivity contribution in [2.24, 2.45) is 0 Å². The number of aryl methyl sites for hydroxylation is 1. The van der Waals surface area contributed by atoms with Gasteiger partial charge in [-0.2, -0.15) is 4.98 Å². The summed E-state index contributed by atoms with van der Waals surface area (Å²) in [6, 6.07) is 14.0. The molecule has 6 nitrogen and oxygen atoms in total. The number of methoxy groups -OCH3 is 1. The third-order valence-electron chi connectivity index (χ3n) is 3.88. The van der Waals surface area contributed by atoms with Crippen LogP contribution in [0.4, 0.5) is 11.8 Å². The molecule has 3 aromatic rings. The highest BCUT2D eigenvalue weighted by Crippen LogP contribution is 2.14. The van der Waals surface area contributed by atoms with E-state index in [0.29, 0.717) is 12.5 Å². The van der Waals surface area contributed by atoms with E-state index in [9.17, 15) is 0 Å². The molecule has 0 aliphatic carbocycles. The molecule has 0 aliphatic rings. The number of hydrogen-bond acceptors (Lipinski definition) is 6. The summed E-state index contributed by atoms with van der Waals surface area (Å²) in [4.78, 5) is 13.1. The van der Waals surface area contributed by atoms with E-state index in [1.807, 2.05) is 49.5 Å². The van der Waals surface area contributed by atoms with Crippen LogP contribution >= 0.6 is 0 Å². The third kappa shape index (κ3) is 5.17. The lowest BCUT2D eigenvalue weighted by Gasteiger charge is -2.10. The van der Waals surface area contributed by atoms with Crippen molar-refractivity contribution in [2.75, 3.05) is 24.3 Å². The van der Waals surface area contributed by atoms with Gasteiger partial charge in [0.05, 0.1) is 7.11 Å². The lowest BCUT2D eigenvalue weighted by molar-refractivity contribution is 0.414. The van der Waals surface area contributed by atoms with Crippen molar-refractivity contribution in [3.63, 3.8) is 0 Å². The number of rotatable bonds is 8. The molecular weight excluding hydrogens is 326 g/mol. The molecule has 134 valence electrons. The van der Waals surface area contributed by atoms with Gasteiger partial charge < -0.3 is 15.4 Å². The molecule has 2 N–H and O–H groups in total. The molecule has 0 spiro atoms. The fourth-order valence-electron chi connectivity index (χ4n) is 2.58. The zero-order valence-corrected chi connectivity index (χ0v) is 15.1. The van der Waals surface area contributed by atoms with Crippen molar-refractivity contribution in [1.29, 1.82) is 0 Å². The first-order valence-corrected chi connectivity index (χ1v) is 8.58. The molecule has 0 aliphatic heterocycles. The standard InChI is InChI=1S/C20H23N5O/c1-15-11-19(23-14-17-6-4-9-21-13-17)25-20(24-15)22-10-8-16-5-3-7-18(12-16)26-2/h3-7,9,11-13H,8,10,14H2,1-2H3,(H2,22,23,24,25). The second kappa shape index (κ2) is 8.80. The topological polar surface area (TPSA) is 72.0 Å². The fourth-order valence-corrected chi connectivity index (χ4v) is 2.58. The molecule has 0 radical (unpaired) electrons. The zero-order chi connectivity index (χ0) is 18.2. The number of hydrogen-bond donors (Lipinski definition) is 2. The SMILES string of the molecule is COc1cccc(CCNc2nc(C)cc(NCc3cccnc3)n2)c1. The van der Waals surface area contributed by atoms with Crippen LogP contribution in [0.5, 0.6) is 5.75 Å². The van der Waals surface area contributed by atoms with Crippen molar-refractivity contribution in [3.05, 3.63) is 71.7 Å². The summed E-state index contributed by atoms with van der Waals surface area (Å²) < 4.78 is 5.26. The lowest BCUT2D eigenvalue weighted by atomic mass is 10.1. The monoisotopic (exact) mass is 349 g/mol. The molecular formula is C20H23N5O. The van der Waals surface area contributed by atoms with E-state index in [-0.39, 0.29) is 0 Å². The van der Waals surface area contributed by atoms with Gasteiger partial charge in [0.2, 0.25) is 5.95 Å². The van der Waals surface area contributed by atoms with Gasteiger partial charge in [-0.3, -0.25) is 4.98 Å². The Morgan fingerprint density at radius 2 is 1.88 bits per heavy atom. The molecule has 2 heterocycles. The molecule has 3 rings (SSSR count). The number of aromatic nitrogens is 3. The fraction of sp³-hybridized carbons (Fsp3) is 0.250. The molecule has 0 amide bonds. The molecule has 1 aromatic carbocycles. The van der Waals surface area contributed by atoms with Crippen molar-refractivity contribution in [3.8, 4) is 5.75 Å². The second-order valence-corrected chi connectivity index (χ2v) is 5.96. The molecule has 0 fully saturated rings. The lowest BCUT2D eigenvalue weighted by Crippen LogP contribution is -2.10. The minimum atomic E-state index is 0.626. The number of benzene rings is 1. The van der Waals surface area contributed by atoms with Crippen LogP contribution in [0.15, 0.2) is 54.9 Å². The first kappa shape index (κ1) is 17.7. The summed E-state index contributed by atoms with van der Waals surface area (Å²) in [5.74, 6) is 2.29. The quantitative estimate of drug-likeness (QED) is 0.649. The highest BCUT2D eigenvalue weighted by Gasteiger charge is 2.03. The molecule has 0 atom stereocenters. The molecule has 26 heavy (non-hydrogen) atoms. The van der Waals surface area contributed by atoms with Crippen molar-refractivity contribution in [1.82, 2.24) is 15.0 Å². The van der Waals surface area contributed by atoms with Gasteiger partial charge in [0.1, 0.15) is 11.6 Å². The average Bonchev–Trinajstić information content (AvgIpc) is 2.67. The Kier molecular flexibility index (Phi) is 5.98. The first-order chi connectivity index (χ1) is 12.7. The Balaban J connectivity index is 1.56. The Hall–Kier alpha value is -3.15. The molecule has 6 heteroatoms. The minimum Gasteiger partial charge on any atom is -0.497 e. The maximum absolute atomic E-state index is 5.26. The first-order valence-electron chi connectivity index (χ1n) is 8.58. The smallest absolute Gasteiger partial charge is 0.224 e. The Bertz CT molecular complexity index is 839. The predicted octanol–water partition coefficient (Wildman–Crippen LogP) is 3.46. The maximum atomic E-state index is 5.26. The van der Waals surface area contributed by atoms with Crippen LogP contribution < -0.4 is 15.4 Å². The van der Waals surface area contributed by atoms with Crippen molar-refractivity contribution >= 4 is 11.8 Å². The average molecular weight is 349 g/mol. The molecule has 0 saturated carbocycles. The summed E-state index contributed by atoms with van der Waals surface area (Å²) in [6.45, 7) is 3.39. The third-order valence-corrected chi connectivity index (χ3v) is 3.88. The second-order valence-electron chi connectivity index (χ2n) is 5.96. The van der Waals surface area contributed by atoms with Gasteiger partial charge >= 0.3 is 0 Å². The van der Waals surface area contributed by atoms with E-state index in [1.165, 1.54) is 5.56 Å². The summed E-state index contributed by atoms with van der Waals surface area (Å²) in [6.07, 6.45) is 4.48. The zero-order valence-electron chi connectivity index (χ0n) is 15.1.